The van der Waals surface area contributed by atoms with Crippen LogP contribution in [0, 0.1) is 11.8 Å². The number of amides is 3. The molecule has 0 N–H and O–H groups in total. The molecule has 20 heavy (non-hydrogen) atoms. The number of methoxy groups -OCH3 is 2. The van der Waals surface area contributed by atoms with Crippen molar-refractivity contribution in [3.63, 3.8) is 0 Å². The fourth-order valence-electron chi connectivity index (χ4n) is 4.11. The van der Waals surface area contributed by atoms with Crippen LogP contribution in [0.5, 0.6) is 0 Å². The van der Waals surface area contributed by atoms with Gasteiger partial charge in [0.1, 0.15) is 6.04 Å². The lowest BCUT2D eigenvalue weighted by atomic mass is 9.93. The molecule has 3 aliphatic rings. The fourth-order valence-corrected chi connectivity index (χ4v) is 4.11. The van der Waals surface area contributed by atoms with Gasteiger partial charge in [-0.25, -0.2) is 4.79 Å². The number of carbonyl (C=O) groups is 2. The van der Waals surface area contributed by atoms with Crippen LogP contribution in [0.2, 0.25) is 0 Å². The van der Waals surface area contributed by atoms with E-state index in [0.717, 1.165) is 19.4 Å². The van der Waals surface area contributed by atoms with E-state index in [9.17, 15) is 9.59 Å². The smallest absolute Gasteiger partial charge is 0.327 e. The van der Waals surface area contributed by atoms with E-state index < -0.39 is 0 Å². The summed E-state index contributed by atoms with van der Waals surface area (Å²) in [6.45, 7) is 1.38. The normalized spacial score (nSPS) is 32.5. The molecule has 0 spiro atoms. The van der Waals surface area contributed by atoms with Crippen molar-refractivity contribution < 1.29 is 19.1 Å². The van der Waals surface area contributed by atoms with Crippen LogP contribution in [0.25, 0.3) is 0 Å². The van der Waals surface area contributed by atoms with Crippen LogP contribution in [-0.4, -0.2) is 67.8 Å². The van der Waals surface area contributed by atoms with Crippen LogP contribution in [0.1, 0.15) is 19.3 Å². The van der Waals surface area contributed by atoms with Gasteiger partial charge in [0.25, 0.3) is 5.91 Å². The van der Waals surface area contributed by atoms with E-state index in [-0.39, 0.29) is 24.0 Å². The Kier molecular flexibility index (Phi) is 3.69. The van der Waals surface area contributed by atoms with Crippen LogP contribution in [0.15, 0.2) is 0 Å². The Morgan fingerprint density at radius 1 is 1.20 bits per heavy atom. The highest BCUT2D eigenvalue weighted by Gasteiger charge is 2.58. The number of rotatable bonds is 5. The Balaban J connectivity index is 1.81. The zero-order valence-electron chi connectivity index (χ0n) is 12.1. The second-order valence-electron chi connectivity index (χ2n) is 6.01. The van der Waals surface area contributed by atoms with Gasteiger partial charge in [-0.3, -0.25) is 9.69 Å². The first-order valence-electron chi connectivity index (χ1n) is 7.30. The Morgan fingerprint density at radius 2 is 1.90 bits per heavy atom. The molecule has 2 saturated heterocycles. The van der Waals surface area contributed by atoms with Crippen molar-refractivity contribution in [2.24, 2.45) is 11.8 Å². The number of hydrogen-bond acceptors (Lipinski definition) is 4. The molecule has 2 aliphatic heterocycles. The van der Waals surface area contributed by atoms with Gasteiger partial charge >= 0.3 is 6.03 Å². The summed E-state index contributed by atoms with van der Waals surface area (Å²) in [5.74, 6) is 0.837. The SMILES string of the molecule is COCC(COC)N1C(=O)C2C3CCCC3CN2C1=O. The molecule has 0 aromatic rings. The summed E-state index contributed by atoms with van der Waals surface area (Å²) in [4.78, 5) is 28.4. The summed E-state index contributed by atoms with van der Waals surface area (Å²) in [5.41, 5.74) is 0. The average molecular weight is 282 g/mol. The predicted octanol–water partition coefficient (Wildman–Crippen LogP) is 0.711. The summed E-state index contributed by atoms with van der Waals surface area (Å²) in [6, 6.07) is -0.713. The molecule has 3 atom stereocenters. The topological polar surface area (TPSA) is 59.1 Å². The maximum absolute atomic E-state index is 12.7. The van der Waals surface area contributed by atoms with Crippen LogP contribution < -0.4 is 0 Å². The molecule has 6 nitrogen and oxygen atoms in total. The first kappa shape index (κ1) is 13.8. The van der Waals surface area contributed by atoms with Crippen LogP contribution >= 0.6 is 0 Å². The summed E-state index contributed by atoms with van der Waals surface area (Å²) < 4.78 is 10.3. The van der Waals surface area contributed by atoms with E-state index in [1.807, 2.05) is 0 Å². The Morgan fingerprint density at radius 3 is 2.55 bits per heavy atom. The van der Waals surface area contributed by atoms with E-state index >= 15 is 0 Å². The van der Waals surface area contributed by atoms with Crippen LogP contribution in [-0.2, 0) is 14.3 Å². The summed E-state index contributed by atoms with van der Waals surface area (Å²) >= 11 is 0. The molecule has 3 rings (SSSR count). The highest BCUT2D eigenvalue weighted by atomic mass is 16.5. The van der Waals surface area contributed by atoms with Gasteiger partial charge in [0.2, 0.25) is 0 Å². The van der Waals surface area contributed by atoms with Gasteiger partial charge in [0.15, 0.2) is 0 Å². The third kappa shape index (κ3) is 1.93. The van der Waals surface area contributed by atoms with Crippen molar-refractivity contribution in [2.45, 2.75) is 31.3 Å². The number of ether oxygens (including phenoxy) is 2. The number of carbonyl (C=O) groups excluding carboxylic acids is 2. The van der Waals surface area contributed by atoms with E-state index in [1.54, 1.807) is 19.1 Å². The molecule has 6 heteroatoms. The van der Waals surface area contributed by atoms with Crippen molar-refractivity contribution in [3.8, 4) is 0 Å². The minimum Gasteiger partial charge on any atom is -0.382 e. The quantitative estimate of drug-likeness (QED) is 0.697. The fraction of sp³-hybridized carbons (Fsp3) is 0.857. The van der Waals surface area contributed by atoms with Crippen molar-refractivity contribution in [1.29, 1.82) is 0 Å². The lowest BCUT2D eigenvalue weighted by Crippen LogP contribution is -2.47. The van der Waals surface area contributed by atoms with Gasteiger partial charge in [0.05, 0.1) is 19.3 Å². The monoisotopic (exact) mass is 282 g/mol. The third-order valence-electron chi connectivity index (χ3n) is 4.92. The van der Waals surface area contributed by atoms with Gasteiger partial charge < -0.3 is 14.4 Å². The lowest BCUT2D eigenvalue weighted by molar-refractivity contribution is -0.132. The largest absolute Gasteiger partial charge is 0.382 e. The minimum absolute atomic E-state index is 0.0523. The zero-order valence-corrected chi connectivity index (χ0v) is 12.1. The maximum atomic E-state index is 12.7. The van der Waals surface area contributed by atoms with E-state index in [0.29, 0.717) is 25.0 Å². The van der Waals surface area contributed by atoms with Gasteiger partial charge in [0, 0.05) is 20.8 Å². The number of fused-ring (bicyclic) bond motifs is 3. The molecule has 3 unspecified atom stereocenters. The maximum Gasteiger partial charge on any atom is 0.327 e. The van der Waals surface area contributed by atoms with Gasteiger partial charge in [-0.15, -0.1) is 0 Å². The highest BCUT2D eigenvalue weighted by Crippen LogP contribution is 2.45. The van der Waals surface area contributed by atoms with E-state index in [4.69, 9.17) is 9.47 Å². The molecule has 0 radical (unpaired) electrons. The molecular formula is C14H22N2O4. The predicted molar refractivity (Wildman–Crippen MR) is 71.1 cm³/mol. The molecule has 0 bridgehead atoms. The summed E-state index contributed by atoms with van der Waals surface area (Å²) in [7, 11) is 3.14. The molecule has 2 heterocycles. The second kappa shape index (κ2) is 5.33. The third-order valence-corrected chi connectivity index (χ3v) is 4.92. The standard InChI is InChI=1S/C14H22N2O4/c1-19-7-10(8-20-2)16-13(17)12-11-5-3-4-9(11)6-15(12)14(16)18/h9-12H,3-8H2,1-2H3. The molecule has 1 aliphatic carbocycles. The molecule has 0 aromatic heterocycles. The number of hydrogen-bond donors (Lipinski definition) is 0. The Labute approximate surface area is 119 Å². The first-order valence-corrected chi connectivity index (χ1v) is 7.30. The van der Waals surface area contributed by atoms with Crippen molar-refractivity contribution in [2.75, 3.05) is 34.0 Å². The highest BCUT2D eigenvalue weighted by molar-refractivity contribution is 6.05. The van der Waals surface area contributed by atoms with E-state index in [1.165, 1.54) is 11.3 Å². The summed E-state index contributed by atoms with van der Waals surface area (Å²) in [6.07, 6.45) is 3.40. The van der Waals surface area contributed by atoms with Gasteiger partial charge in [-0.1, -0.05) is 6.42 Å². The number of imide groups is 1. The molecule has 3 amide bonds. The summed E-state index contributed by atoms with van der Waals surface area (Å²) in [5, 5.41) is 0. The van der Waals surface area contributed by atoms with Crippen LogP contribution in [0.4, 0.5) is 4.79 Å². The van der Waals surface area contributed by atoms with Crippen molar-refractivity contribution in [1.82, 2.24) is 9.80 Å². The molecule has 0 aromatic carbocycles. The van der Waals surface area contributed by atoms with Gasteiger partial charge in [-0.05, 0) is 24.7 Å². The van der Waals surface area contributed by atoms with Crippen molar-refractivity contribution >= 4 is 11.9 Å². The second-order valence-corrected chi connectivity index (χ2v) is 6.01. The molecular weight excluding hydrogens is 260 g/mol. The van der Waals surface area contributed by atoms with Crippen LogP contribution in [0.3, 0.4) is 0 Å². The lowest BCUT2D eigenvalue weighted by Gasteiger charge is -2.26. The molecule has 3 fully saturated rings. The van der Waals surface area contributed by atoms with E-state index in [2.05, 4.69) is 0 Å². The molecule has 1 saturated carbocycles. The zero-order chi connectivity index (χ0) is 14.3. The Hall–Kier alpha value is -1.14. The molecule has 112 valence electrons. The number of nitrogens with zero attached hydrogens (tertiary/aromatic N) is 2. The Bertz CT molecular complexity index is 408. The first-order chi connectivity index (χ1) is 9.69. The number of urea groups is 1. The average Bonchev–Trinajstić information content (AvgIpc) is 3.03. The van der Waals surface area contributed by atoms with Crippen molar-refractivity contribution in [3.05, 3.63) is 0 Å². The minimum atomic E-state index is -0.324. The van der Waals surface area contributed by atoms with Gasteiger partial charge in [-0.2, -0.15) is 0 Å².